The Kier molecular flexibility index (Phi) is 3.31. The molecule has 70 valence electrons. The number of halogens is 1. The lowest BCUT2D eigenvalue weighted by molar-refractivity contribution is -0.186. The van der Waals surface area contributed by atoms with Crippen molar-refractivity contribution < 1.29 is 19.0 Å². The van der Waals surface area contributed by atoms with Crippen molar-refractivity contribution in [3.63, 3.8) is 0 Å². The van der Waals surface area contributed by atoms with Gasteiger partial charge in [-0.15, -0.1) is 11.6 Å². The highest BCUT2D eigenvalue weighted by molar-refractivity contribution is 6.18. The first-order valence-electron chi connectivity index (χ1n) is 3.66. The van der Waals surface area contributed by atoms with Gasteiger partial charge in [0.25, 0.3) is 0 Å². The Morgan fingerprint density at radius 3 is 2.58 bits per heavy atom. The molecule has 1 aliphatic heterocycles. The van der Waals surface area contributed by atoms with Crippen LogP contribution in [0.3, 0.4) is 0 Å². The fraction of sp³-hybridized carbons (Fsp3) is 0.857. The monoisotopic (exact) mass is 194 g/mol. The second kappa shape index (κ2) is 4.07. The van der Waals surface area contributed by atoms with Crippen LogP contribution in [0.5, 0.6) is 0 Å². The summed E-state index contributed by atoms with van der Waals surface area (Å²) in [6, 6.07) is 0. The van der Waals surface area contributed by atoms with E-state index < -0.39 is 5.79 Å². The van der Waals surface area contributed by atoms with Crippen molar-refractivity contribution in [3.8, 4) is 0 Å². The van der Waals surface area contributed by atoms with Gasteiger partial charge in [-0.3, -0.25) is 4.79 Å². The molecule has 0 unspecified atom stereocenters. The maximum Gasteiger partial charge on any atom is 0.302 e. The molecule has 1 saturated heterocycles. The number of carbonyl (C=O) groups is 1. The maximum atomic E-state index is 10.5. The summed E-state index contributed by atoms with van der Waals surface area (Å²) < 4.78 is 15.2. The van der Waals surface area contributed by atoms with Gasteiger partial charge < -0.3 is 14.2 Å². The molecule has 1 heterocycles. The highest BCUT2D eigenvalue weighted by Crippen LogP contribution is 2.21. The van der Waals surface area contributed by atoms with E-state index in [9.17, 15) is 4.79 Å². The number of alkyl halides is 1. The second-order valence-electron chi connectivity index (χ2n) is 2.52. The van der Waals surface area contributed by atoms with Crippen molar-refractivity contribution in [1.82, 2.24) is 0 Å². The molecular weight excluding hydrogens is 184 g/mol. The molecule has 0 aliphatic carbocycles. The van der Waals surface area contributed by atoms with Crippen LogP contribution in [0.2, 0.25) is 0 Å². The molecule has 0 aromatic rings. The molecule has 0 saturated carbocycles. The van der Waals surface area contributed by atoms with Crippen LogP contribution in [0.4, 0.5) is 0 Å². The van der Waals surface area contributed by atoms with E-state index in [2.05, 4.69) is 0 Å². The zero-order valence-corrected chi connectivity index (χ0v) is 7.60. The molecule has 1 fully saturated rings. The predicted octanol–water partition coefficient (Wildman–Crippen LogP) is 0.531. The molecule has 0 aromatic heterocycles. The summed E-state index contributed by atoms with van der Waals surface area (Å²) in [7, 11) is 0. The van der Waals surface area contributed by atoms with Gasteiger partial charge in [0.15, 0.2) is 0 Å². The van der Waals surface area contributed by atoms with E-state index in [1.807, 2.05) is 0 Å². The minimum atomic E-state index is -0.909. The fourth-order valence-electron chi connectivity index (χ4n) is 0.908. The summed E-state index contributed by atoms with van der Waals surface area (Å²) >= 11 is 5.61. The number of rotatable bonds is 3. The van der Waals surface area contributed by atoms with E-state index in [1.54, 1.807) is 0 Å². The molecular formula is C7H11ClO4. The van der Waals surface area contributed by atoms with Crippen LogP contribution >= 0.6 is 11.6 Å². The number of carbonyl (C=O) groups excluding carboxylic acids is 1. The molecule has 1 rings (SSSR count). The standard InChI is InChI=1S/C7H11ClO4/c1-6(9)10-5-7(4-8)11-2-3-12-7/h2-5H2,1H3. The van der Waals surface area contributed by atoms with E-state index in [-0.39, 0.29) is 18.5 Å². The average Bonchev–Trinajstić information content (AvgIpc) is 2.50. The van der Waals surface area contributed by atoms with Gasteiger partial charge in [-0.05, 0) is 0 Å². The zero-order valence-electron chi connectivity index (χ0n) is 6.84. The highest BCUT2D eigenvalue weighted by atomic mass is 35.5. The normalized spacial score (nSPS) is 20.8. The van der Waals surface area contributed by atoms with E-state index in [0.717, 1.165) is 0 Å². The molecule has 4 nitrogen and oxygen atoms in total. The third-order valence-corrected chi connectivity index (χ3v) is 1.92. The lowest BCUT2D eigenvalue weighted by Crippen LogP contribution is -2.38. The summed E-state index contributed by atoms with van der Waals surface area (Å²) in [6.07, 6.45) is 0. The summed E-state index contributed by atoms with van der Waals surface area (Å²) in [4.78, 5) is 10.5. The van der Waals surface area contributed by atoms with Gasteiger partial charge in [0.2, 0.25) is 5.79 Å². The van der Waals surface area contributed by atoms with Crippen molar-refractivity contribution >= 4 is 17.6 Å². The quantitative estimate of drug-likeness (QED) is 0.486. The predicted molar refractivity (Wildman–Crippen MR) is 42.0 cm³/mol. The van der Waals surface area contributed by atoms with Crippen LogP contribution < -0.4 is 0 Å². The summed E-state index contributed by atoms with van der Waals surface area (Å²) in [5.41, 5.74) is 0. The lowest BCUT2D eigenvalue weighted by atomic mass is 10.3. The van der Waals surface area contributed by atoms with Gasteiger partial charge in [0.1, 0.15) is 6.61 Å². The molecule has 0 radical (unpaired) electrons. The van der Waals surface area contributed by atoms with E-state index in [1.165, 1.54) is 6.92 Å². The molecule has 12 heavy (non-hydrogen) atoms. The molecule has 0 N–H and O–H groups in total. The first kappa shape index (κ1) is 9.77. The average molecular weight is 195 g/mol. The topological polar surface area (TPSA) is 44.8 Å². The second-order valence-corrected chi connectivity index (χ2v) is 2.79. The van der Waals surface area contributed by atoms with E-state index >= 15 is 0 Å². The molecule has 0 atom stereocenters. The van der Waals surface area contributed by atoms with Crippen molar-refractivity contribution in [3.05, 3.63) is 0 Å². The number of hydrogen-bond acceptors (Lipinski definition) is 4. The van der Waals surface area contributed by atoms with E-state index in [0.29, 0.717) is 13.2 Å². The van der Waals surface area contributed by atoms with Gasteiger partial charge in [-0.25, -0.2) is 0 Å². The van der Waals surface area contributed by atoms with E-state index in [4.69, 9.17) is 25.8 Å². The number of ether oxygens (including phenoxy) is 3. The Hall–Kier alpha value is -0.320. The van der Waals surface area contributed by atoms with Gasteiger partial charge >= 0.3 is 5.97 Å². The molecule has 1 aliphatic rings. The molecule has 0 bridgehead atoms. The van der Waals surface area contributed by atoms with Gasteiger partial charge in [0.05, 0.1) is 19.1 Å². The lowest BCUT2D eigenvalue weighted by Gasteiger charge is -2.23. The smallest absolute Gasteiger partial charge is 0.302 e. The number of esters is 1. The van der Waals surface area contributed by atoms with Crippen molar-refractivity contribution in [2.24, 2.45) is 0 Å². The first-order chi connectivity index (χ1) is 5.68. The van der Waals surface area contributed by atoms with Gasteiger partial charge in [-0.2, -0.15) is 0 Å². The largest absolute Gasteiger partial charge is 0.460 e. The van der Waals surface area contributed by atoms with Gasteiger partial charge in [-0.1, -0.05) is 0 Å². The minimum absolute atomic E-state index is 0.0613. The summed E-state index contributed by atoms with van der Waals surface area (Å²) in [6.45, 7) is 2.38. The fourth-order valence-corrected chi connectivity index (χ4v) is 1.14. The Morgan fingerprint density at radius 1 is 1.58 bits per heavy atom. The Labute approximate surface area is 75.7 Å². The van der Waals surface area contributed by atoms with Crippen LogP contribution in [-0.4, -0.2) is 37.5 Å². The molecule has 5 heteroatoms. The van der Waals surface area contributed by atoms with Crippen LogP contribution in [0.1, 0.15) is 6.92 Å². The summed E-state index contributed by atoms with van der Waals surface area (Å²) in [5.74, 6) is -1.10. The Morgan fingerprint density at radius 2 is 2.17 bits per heavy atom. The van der Waals surface area contributed by atoms with Crippen LogP contribution in [0, 0.1) is 0 Å². The van der Waals surface area contributed by atoms with Crippen LogP contribution in [-0.2, 0) is 19.0 Å². The molecule has 0 aromatic carbocycles. The highest BCUT2D eigenvalue weighted by Gasteiger charge is 2.37. The Balaban J connectivity index is 2.39. The van der Waals surface area contributed by atoms with Crippen molar-refractivity contribution in [2.45, 2.75) is 12.7 Å². The third-order valence-electron chi connectivity index (χ3n) is 1.51. The third kappa shape index (κ3) is 2.33. The summed E-state index contributed by atoms with van der Waals surface area (Å²) in [5, 5.41) is 0. The van der Waals surface area contributed by atoms with Crippen LogP contribution in [0.15, 0.2) is 0 Å². The van der Waals surface area contributed by atoms with Crippen LogP contribution in [0.25, 0.3) is 0 Å². The van der Waals surface area contributed by atoms with Crippen molar-refractivity contribution in [1.29, 1.82) is 0 Å². The van der Waals surface area contributed by atoms with Crippen molar-refractivity contribution in [2.75, 3.05) is 25.7 Å². The minimum Gasteiger partial charge on any atom is -0.460 e. The SMILES string of the molecule is CC(=O)OCC1(CCl)OCCO1. The number of hydrogen-bond donors (Lipinski definition) is 0. The Bertz CT molecular complexity index is 165. The molecule has 0 amide bonds. The van der Waals surface area contributed by atoms with Gasteiger partial charge in [0, 0.05) is 6.92 Å². The first-order valence-corrected chi connectivity index (χ1v) is 4.19. The maximum absolute atomic E-state index is 10.5. The molecule has 0 spiro atoms. The zero-order chi connectivity index (χ0) is 9.03.